The zero-order valence-corrected chi connectivity index (χ0v) is 14.1. The van der Waals surface area contributed by atoms with Crippen molar-refractivity contribution in [2.75, 3.05) is 0 Å². The van der Waals surface area contributed by atoms with Crippen LogP contribution in [0.15, 0.2) is 58.3 Å². The summed E-state index contributed by atoms with van der Waals surface area (Å²) in [6, 6.07) is 16.1. The molecule has 4 nitrogen and oxygen atoms in total. The van der Waals surface area contributed by atoms with Gasteiger partial charge in [-0.2, -0.15) is 0 Å². The number of benzene rings is 2. The minimum Gasteiger partial charge on any atom is -0.508 e. The van der Waals surface area contributed by atoms with Gasteiger partial charge in [0.2, 0.25) is 0 Å². The van der Waals surface area contributed by atoms with Crippen LogP contribution in [-0.4, -0.2) is 29.1 Å². The molecule has 3 N–H and O–H groups in total. The van der Waals surface area contributed by atoms with Gasteiger partial charge in [-0.05, 0) is 61.7 Å². The molecular formula is C19H20N2O2S. The Hall–Kier alpha value is -1.98. The van der Waals surface area contributed by atoms with E-state index in [-0.39, 0.29) is 17.7 Å². The van der Waals surface area contributed by atoms with Gasteiger partial charge in [-0.25, -0.2) is 0 Å². The number of phenolic OH excluding ortho intramolecular Hbond substituents is 1. The Labute approximate surface area is 145 Å². The molecule has 0 spiro atoms. The molecule has 0 radical (unpaired) electrons. The van der Waals surface area contributed by atoms with Crippen LogP contribution in [0.3, 0.4) is 0 Å². The molecule has 2 aromatic rings. The molecule has 2 fully saturated rings. The molecule has 2 saturated heterocycles. The monoisotopic (exact) mass is 340 g/mol. The molecule has 24 heavy (non-hydrogen) atoms. The van der Waals surface area contributed by atoms with E-state index in [0.717, 1.165) is 22.6 Å². The number of carbonyl (C=O) groups is 1. The van der Waals surface area contributed by atoms with Gasteiger partial charge < -0.3 is 15.7 Å². The van der Waals surface area contributed by atoms with E-state index in [9.17, 15) is 9.90 Å². The molecule has 0 saturated carbocycles. The lowest BCUT2D eigenvalue weighted by Gasteiger charge is -2.21. The van der Waals surface area contributed by atoms with Gasteiger partial charge in [0.1, 0.15) is 5.75 Å². The van der Waals surface area contributed by atoms with Crippen LogP contribution in [0.2, 0.25) is 0 Å². The lowest BCUT2D eigenvalue weighted by Crippen LogP contribution is -2.42. The smallest absolute Gasteiger partial charge is 0.251 e. The van der Waals surface area contributed by atoms with Crippen molar-refractivity contribution >= 4 is 17.7 Å². The Bertz CT molecular complexity index is 747. The van der Waals surface area contributed by atoms with Gasteiger partial charge in [0.05, 0.1) is 0 Å². The normalized spacial score (nSPS) is 24.9. The second-order valence-electron chi connectivity index (χ2n) is 6.49. The minimum atomic E-state index is 0.00301. The number of fused-ring (bicyclic) bond motifs is 2. The van der Waals surface area contributed by atoms with Gasteiger partial charge in [-0.15, -0.1) is 0 Å². The number of phenols is 1. The third-order valence-corrected chi connectivity index (χ3v) is 5.78. The van der Waals surface area contributed by atoms with Crippen molar-refractivity contribution in [2.24, 2.45) is 0 Å². The lowest BCUT2D eigenvalue weighted by atomic mass is 9.95. The fourth-order valence-electron chi connectivity index (χ4n) is 3.59. The quantitative estimate of drug-likeness (QED) is 0.800. The number of carbonyl (C=O) groups excluding carboxylic acids is 1. The van der Waals surface area contributed by atoms with Crippen molar-refractivity contribution < 1.29 is 9.90 Å². The first-order valence-corrected chi connectivity index (χ1v) is 9.13. The van der Waals surface area contributed by atoms with Crippen LogP contribution < -0.4 is 10.6 Å². The minimum absolute atomic E-state index is 0.00301. The van der Waals surface area contributed by atoms with E-state index in [4.69, 9.17) is 0 Å². The maximum Gasteiger partial charge on any atom is 0.251 e. The molecule has 0 aliphatic carbocycles. The Kier molecular flexibility index (Phi) is 4.21. The fourth-order valence-corrected chi connectivity index (χ4v) is 4.46. The highest BCUT2D eigenvalue weighted by atomic mass is 32.2. The van der Waals surface area contributed by atoms with Crippen LogP contribution in [0.25, 0.3) is 0 Å². The lowest BCUT2D eigenvalue weighted by molar-refractivity contribution is 0.0931. The van der Waals surface area contributed by atoms with Crippen molar-refractivity contribution in [1.82, 2.24) is 10.6 Å². The SMILES string of the molecule is O=C(N[C@@H]1C[C@H]2CC[C@@H]1N2)c1ccc(Sc2cccc(O)c2)cc1. The maximum absolute atomic E-state index is 12.4. The van der Waals surface area contributed by atoms with E-state index in [2.05, 4.69) is 10.6 Å². The zero-order valence-electron chi connectivity index (χ0n) is 13.2. The van der Waals surface area contributed by atoms with Gasteiger partial charge in [-0.3, -0.25) is 4.79 Å². The first kappa shape index (κ1) is 15.5. The van der Waals surface area contributed by atoms with Crippen LogP contribution in [-0.2, 0) is 0 Å². The molecule has 4 rings (SSSR count). The van der Waals surface area contributed by atoms with Crippen LogP contribution in [0, 0.1) is 0 Å². The van der Waals surface area contributed by atoms with Gasteiger partial charge in [0, 0.05) is 33.5 Å². The van der Waals surface area contributed by atoms with E-state index in [1.54, 1.807) is 23.9 Å². The van der Waals surface area contributed by atoms with Crippen LogP contribution in [0.5, 0.6) is 5.75 Å². The Balaban J connectivity index is 1.39. The number of rotatable bonds is 4. The number of amides is 1. The average molecular weight is 340 g/mol. The van der Waals surface area contributed by atoms with E-state index < -0.39 is 0 Å². The molecule has 124 valence electrons. The van der Waals surface area contributed by atoms with Crippen LogP contribution in [0.4, 0.5) is 0 Å². The van der Waals surface area contributed by atoms with Crippen molar-refractivity contribution in [3.63, 3.8) is 0 Å². The molecule has 2 aliphatic heterocycles. The highest BCUT2D eigenvalue weighted by molar-refractivity contribution is 7.99. The summed E-state index contributed by atoms with van der Waals surface area (Å²) in [6.45, 7) is 0. The second kappa shape index (κ2) is 6.49. The van der Waals surface area contributed by atoms with Crippen molar-refractivity contribution in [3.8, 4) is 5.75 Å². The topological polar surface area (TPSA) is 61.4 Å². The molecule has 2 aromatic carbocycles. The van der Waals surface area contributed by atoms with Crippen LogP contribution in [0.1, 0.15) is 29.6 Å². The van der Waals surface area contributed by atoms with Gasteiger partial charge in [-0.1, -0.05) is 17.8 Å². The molecule has 2 heterocycles. The number of nitrogens with one attached hydrogen (secondary N) is 2. The summed E-state index contributed by atoms with van der Waals surface area (Å²) >= 11 is 1.56. The molecule has 1 amide bonds. The zero-order chi connectivity index (χ0) is 16.5. The van der Waals surface area contributed by atoms with E-state index >= 15 is 0 Å². The molecule has 2 bridgehead atoms. The van der Waals surface area contributed by atoms with Crippen molar-refractivity contribution in [2.45, 2.75) is 47.2 Å². The third-order valence-electron chi connectivity index (χ3n) is 4.79. The van der Waals surface area contributed by atoms with E-state index in [1.807, 2.05) is 36.4 Å². The molecule has 5 heteroatoms. The second-order valence-corrected chi connectivity index (χ2v) is 7.63. The highest BCUT2D eigenvalue weighted by Gasteiger charge is 2.39. The van der Waals surface area contributed by atoms with E-state index in [1.165, 1.54) is 6.42 Å². The molecule has 2 aliphatic rings. The summed E-state index contributed by atoms with van der Waals surface area (Å²) in [7, 11) is 0. The Morgan fingerprint density at radius 1 is 1.12 bits per heavy atom. The molecule has 0 unspecified atom stereocenters. The summed E-state index contributed by atoms with van der Waals surface area (Å²) in [5.74, 6) is 0.263. The predicted molar refractivity (Wildman–Crippen MR) is 94.5 cm³/mol. The fraction of sp³-hybridized carbons (Fsp3) is 0.316. The Morgan fingerprint density at radius 3 is 2.62 bits per heavy atom. The summed E-state index contributed by atoms with van der Waals surface area (Å²) in [6.07, 6.45) is 3.44. The first-order chi connectivity index (χ1) is 11.7. The van der Waals surface area contributed by atoms with E-state index in [0.29, 0.717) is 17.6 Å². The van der Waals surface area contributed by atoms with Gasteiger partial charge in [0.15, 0.2) is 0 Å². The van der Waals surface area contributed by atoms with Gasteiger partial charge >= 0.3 is 0 Å². The van der Waals surface area contributed by atoms with Crippen molar-refractivity contribution in [3.05, 3.63) is 54.1 Å². The average Bonchev–Trinajstić information content (AvgIpc) is 3.18. The summed E-state index contributed by atoms with van der Waals surface area (Å²) in [5, 5.41) is 16.2. The molecular weight excluding hydrogens is 320 g/mol. The Morgan fingerprint density at radius 2 is 1.96 bits per heavy atom. The summed E-state index contributed by atoms with van der Waals surface area (Å²) < 4.78 is 0. The molecule has 0 aromatic heterocycles. The summed E-state index contributed by atoms with van der Waals surface area (Å²) in [5.41, 5.74) is 0.693. The standard InChI is InChI=1S/C19H20N2O2S/c22-14-2-1-3-16(11-14)24-15-7-4-12(5-8-15)19(23)21-18-10-13-6-9-17(18)20-13/h1-5,7-8,11,13,17-18,20,22H,6,9-10H2,(H,21,23)/t13-,17+,18-/m1/s1. The third kappa shape index (κ3) is 3.28. The number of hydrogen-bond donors (Lipinski definition) is 3. The van der Waals surface area contributed by atoms with Crippen LogP contribution >= 0.6 is 11.8 Å². The molecule has 3 atom stereocenters. The van der Waals surface area contributed by atoms with Gasteiger partial charge in [0.25, 0.3) is 5.91 Å². The van der Waals surface area contributed by atoms with Crippen molar-refractivity contribution in [1.29, 1.82) is 0 Å². The number of aromatic hydroxyl groups is 1. The maximum atomic E-state index is 12.4. The first-order valence-electron chi connectivity index (χ1n) is 8.31. The number of hydrogen-bond acceptors (Lipinski definition) is 4. The summed E-state index contributed by atoms with van der Waals surface area (Å²) in [4.78, 5) is 14.4. The predicted octanol–water partition coefficient (Wildman–Crippen LogP) is 3.17. The largest absolute Gasteiger partial charge is 0.508 e. The highest BCUT2D eigenvalue weighted by Crippen LogP contribution is 2.30.